The van der Waals surface area contributed by atoms with Gasteiger partial charge in [0.2, 0.25) is 0 Å². The lowest BCUT2D eigenvalue weighted by molar-refractivity contribution is -0.101. The quantitative estimate of drug-likeness (QED) is 0.711. The SMILES string of the molecule is C=C[C@]1(O)CC[C@H]2[C@@H]3CC=C4C[C@@H](O)CC[C@]4(C)[C@H]3CC[C@@]21C. The summed E-state index contributed by atoms with van der Waals surface area (Å²) in [6.07, 6.45) is 12.6. The van der Waals surface area contributed by atoms with E-state index in [1.54, 1.807) is 0 Å². The summed E-state index contributed by atoms with van der Waals surface area (Å²) in [4.78, 5) is 0. The van der Waals surface area contributed by atoms with Gasteiger partial charge in [-0.05, 0) is 74.5 Å². The van der Waals surface area contributed by atoms with Crippen LogP contribution in [0.2, 0.25) is 0 Å². The topological polar surface area (TPSA) is 40.5 Å². The first-order valence-corrected chi connectivity index (χ1v) is 9.58. The van der Waals surface area contributed by atoms with Crippen LogP contribution in [0.4, 0.5) is 0 Å². The van der Waals surface area contributed by atoms with Crippen molar-refractivity contribution in [2.24, 2.45) is 28.6 Å². The third-order valence-corrected chi connectivity index (χ3v) is 8.63. The predicted molar refractivity (Wildman–Crippen MR) is 92.9 cm³/mol. The number of fused-ring (bicyclic) bond motifs is 5. The minimum Gasteiger partial charge on any atom is -0.393 e. The van der Waals surface area contributed by atoms with Gasteiger partial charge in [0, 0.05) is 5.41 Å². The van der Waals surface area contributed by atoms with Gasteiger partial charge in [0.1, 0.15) is 0 Å². The average molecular weight is 316 g/mol. The summed E-state index contributed by atoms with van der Waals surface area (Å²) in [5.74, 6) is 2.05. The van der Waals surface area contributed by atoms with Crippen LogP contribution in [0.3, 0.4) is 0 Å². The molecule has 0 bridgehead atoms. The number of aliphatic hydroxyl groups is 2. The van der Waals surface area contributed by atoms with E-state index in [-0.39, 0.29) is 11.5 Å². The van der Waals surface area contributed by atoms with Crippen LogP contribution in [0.15, 0.2) is 24.3 Å². The predicted octanol–water partition coefficient (Wildman–Crippen LogP) is 4.23. The molecule has 7 atom stereocenters. The Morgan fingerprint density at radius 3 is 2.61 bits per heavy atom. The highest BCUT2D eigenvalue weighted by Crippen LogP contribution is 2.67. The van der Waals surface area contributed by atoms with E-state index in [2.05, 4.69) is 26.5 Å². The van der Waals surface area contributed by atoms with Crippen LogP contribution < -0.4 is 0 Å². The highest BCUT2D eigenvalue weighted by Gasteiger charge is 2.62. The van der Waals surface area contributed by atoms with Gasteiger partial charge in [0.25, 0.3) is 0 Å². The van der Waals surface area contributed by atoms with Crippen LogP contribution in [0.5, 0.6) is 0 Å². The molecule has 128 valence electrons. The molecular weight excluding hydrogens is 284 g/mol. The second kappa shape index (κ2) is 4.95. The van der Waals surface area contributed by atoms with Gasteiger partial charge in [-0.2, -0.15) is 0 Å². The fourth-order valence-corrected chi connectivity index (χ4v) is 7.03. The third kappa shape index (κ3) is 1.94. The number of hydrogen-bond donors (Lipinski definition) is 2. The molecule has 0 radical (unpaired) electrons. The Bertz CT molecular complexity index is 552. The highest BCUT2D eigenvalue weighted by molar-refractivity contribution is 5.27. The van der Waals surface area contributed by atoms with Crippen molar-refractivity contribution in [3.63, 3.8) is 0 Å². The summed E-state index contributed by atoms with van der Waals surface area (Å²) in [5, 5.41) is 21.2. The fraction of sp³-hybridized carbons (Fsp3) is 0.810. The Morgan fingerprint density at radius 2 is 1.87 bits per heavy atom. The van der Waals surface area contributed by atoms with Crippen molar-refractivity contribution in [3.05, 3.63) is 24.3 Å². The van der Waals surface area contributed by atoms with Gasteiger partial charge < -0.3 is 10.2 Å². The molecule has 0 amide bonds. The second-order valence-corrected chi connectivity index (χ2v) is 9.28. The van der Waals surface area contributed by atoms with E-state index in [4.69, 9.17) is 0 Å². The first kappa shape index (κ1) is 15.9. The molecule has 3 fully saturated rings. The lowest BCUT2D eigenvalue weighted by Crippen LogP contribution is -2.54. The molecule has 4 aliphatic rings. The smallest absolute Gasteiger partial charge is 0.0881 e. The zero-order valence-corrected chi connectivity index (χ0v) is 14.7. The van der Waals surface area contributed by atoms with Crippen LogP contribution in [-0.2, 0) is 0 Å². The largest absolute Gasteiger partial charge is 0.393 e. The monoisotopic (exact) mass is 316 g/mol. The van der Waals surface area contributed by atoms with Gasteiger partial charge in [-0.25, -0.2) is 0 Å². The van der Waals surface area contributed by atoms with Gasteiger partial charge >= 0.3 is 0 Å². The minimum absolute atomic E-state index is 0.00575. The first-order chi connectivity index (χ1) is 10.8. The van der Waals surface area contributed by atoms with Crippen molar-refractivity contribution in [1.29, 1.82) is 0 Å². The molecule has 0 heterocycles. The lowest BCUT2D eigenvalue weighted by atomic mass is 9.47. The zero-order chi connectivity index (χ0) is 16.5. The van der Waals surface area contributed by atoms with Gasteiger partial charge in [-0.1, -0.05) is 31.6 Å². The van der Waals surface area contributed by atoms with E-state index in [0.29, 0.717) is 17.3 Å². The molecule has 2 N–H and O–H groups in total. The van der Waals surface area contributed by atoms with Crippen LogP contribution in [0, 0.1) is 28.6 Å². The molecule has 3 saturated carbocycles. The molecule has 0 unspecified atom stereocenters. The van der Waals surface area contributed by atoms with Gasteiger partial charge in [-0.3, -0.25) is 0 Å². The van der Waals surface area contributed by atoms with Crippen molar-refractivity contribution in [2.75, 3.05) is 0 Å². The van der Waals surface area contributed by atoms with Crippen molar-refractivity contribution >= 4 is 0 Å². The highest BCUT2D eigenvalue weighted by atomic mass is 16.3. The van der Waals surface area contributed by atoms with Crippen LogP contribution in [-0.4, -0.2) is 21.9 Å². The van der Waals surface area contributed by atoms with Crippen LogP contribution >= 0.6 is 0 Å². The zero-order valence-electron chi connectivity index (χ0n) is 14.7. The van der Waals surface area contributed by atoms with E-state index in [9.17, 15) is 10.2 Å². The second-order valence-electron chi connectivity index (χ2n) is 9.28. The van der Waals surface area contributed by atoms with E-state index < -0.39 is 5.60 Å². The number of hydrogen-bond acceptors (Lipinski definition) is 2. The molecule has 2 nitrogen and oxygen atoms in total. The maximum Gasteiger partial charge on any atom is 0.0881 e. The molecule has 0 aromatic carbocycles. The van der Waals surface area contributed by atoms with Crippen LogP contribution in [0.1, 0.15) is 65.2 Å². The Hall–Kier alpha value is -0.600. The normalized spacial score (nSPS) is 55.4. The van der Waals surface area contributed by atoms with Crippen molar-refractivity contribution in [2.45, 2.75) is 76.9 Å². The maximum absolute atomic E-state index is 11.1. The van der Waals surface area contributed by atoms with E-state index in [0.717, 1.165) is 50.9 Å². The number of aliphatic hydroxyl groups excluding tert-OH is 1. The minimum atomic E-state index is -0.670. The molecule has 23 heavy (non-hydrogen) atoms. The number of allylic oxidation sites excluding steroid dienone is 1. The van der Waals surface area contributed by atoms with Gasteiger partial charge in [-0.15, -0.1) is 6.58 Å². The Kier molecular flexibility index (Phi) is 3.42. The summed E-state index contributed by atoms with van der Waals surface area (Å²) >= 11 is 0. The van der Waals surface area contributed by atoms with Gasteiger partial charge in [0.05, 0.1) is 11.7 Å². The number of rotatable bonds is 1. The molecular formula is C21H32O2. The van der Waals surface area contributed by atoms with Gasteiger partial charge in [0.15, 0.2) is 0 Å². The third-order valence-electron chi connectivity index (χ3n) is 8.63. The van der Waals surface area contributed by atoms with E-state index in [1.165, 1.54) is 12.0 Å². The molecule has 0 aliphatic heterocycles. The average Bonchev–Trinajstić information content (AvgIpc) is 2.80. The summed E-state index contributed by atoms with van der Waals surface area (Å²) in [6, 6.07) is 0. The van der Waals surface area contributed by atoms with Crippen molar-refractivity contribution in [1.82, 2.24) is 0 Å². The summed E-state index contributed by atoms with van der Waals surface area (Å²) < 4.78 is 0. The summed E-state index contributed by atoms with van der Waals surface area (Å²) in [6.45, 7) is 8.72. The molecule has 0 aromatic rings. The Balaban J connectivity index is 1.69. The maximum atomic E-state index is 11.1. The molecule has 0 spiro atoms. The van der Waals surface area contributed by atoms with Crippen LogP contribution in [0.25, 0.3) is 0 Å². The molecule has 2 heteroatoms. The summed E-state index contributed by atoms with van der Waals surface area (Å²) in [7, 11) is 0. The molecule has 4 rings (SSSR count). The van der Waals surface area contributed by atoms with E-state index in [1.807, 2.05) is 6.08 Å². The molecule has 0 saturated heterocycles. The Morgan fingerprint density at radius 1 is 1.13 bits per heavy atom. The lowest BCUT2D eigenvalue weighted by Gasteiger charge is -2.58. The fourth-order valence-electron chi connectivity index (χ4n) is 7.03. The molecule has 4 aliphatic carbocycles. The van der Waals surface area contributed by atoms with E-state index >= 15 is 0 Å². The van der Waals surface area contributed by atoms with Crippen molar-refractivity contribution < 1.29 is 10.2 Å². The van der Waals surface area contributed by atoms with Crippen molar-refractivity contribution in [3.8, 4) is 0 Å². The summed E-state index contributed by atoms with van der Waals surface area (Å²) in [5.41, 5.74) is 1.15. The first-order valence-electron chi connectivity index (χ1n) is 9.58. The standard InChI is InChI=1S/C21H32O2/c1-4-21(23)12-9-18-16-6-5-14-13-15(22)7-10-19(14,2)17(16)8-11-20(18,21)3/h4-5,15-18,22-23H,1,6-13H2,2-3H3/t15-,16+,17-,18-,19-,20-,21-/m0/s1. The molecule has 0 aromatic heterocycles. The Labute approximate surface area is 140 Å².